The van der Waals surface area contributed by atoms with E-state index >= 15 is 0 Å². The second-order valence-electron chi connectivity index (χ2n) is 7.46. The van der Waals surface area contributed by atoms with Crippen LogP contribution in [0.5, 0.6) is 0 Å². The number of halogens is 1. The summed E-state index contributed by atoms with van der Waals surface area (Å²) in [4.78, 5) is 56.8. The summed E-state index contributed by atoms with van der Waals surface area (Å²) in [5, 5.41) is 2.84. The molecule has 3 aromatic rings. The summed E-state index contributed by atoms with van der Waals surface area (Å²) in [6, 6.07) is 5.46. The molecular weight excluding hydrogens is 405 g/mol. The van der Waals surface area contributed by atoms with Crippen molar-refractivity contribution in [1.82, 2.24) is 19.1 Å². The molecule has 0 aliphatic carbocycles. The van der Waals surface area contributed by atoms with Crippen LogP contribution in [0.15, 0.2) is 43.4 Å². The van der Waals surface area contributed by atoms with E-state index in [2.05, 4.69) is 15.3 Å². The smallest absolute Gasteiger partial charge is 0.327 e. The van der Waals surface area contributed by atoms with Gasteiger partial charge in [-0.15, -0.1) is 0 Å². The average molecular weight is 427 g/mol. The molecule has 162 valence electrons. The summed E-state index contributed by atoms with van der Waals surface area (Å²) >= 11 is 0. The minimum Gasteiger partial charge on any atom is -0.327 e. The molecule has 1 aromatic carbocycles. The molecular formula is C21H22FN5O4. The number of fused-ring (bicyclic) bond motifs is 2. The Morgan fingerprint density at radius 1 is 0.806 bits per heavy atom. The predicted octanol–water partition coefficient (Wildman–Crippen LogP) is 1.58. The van der Waals surface area contributed by atoms with Gasteiger partial charge in [0.05, 0.1) is 17.0 Å². The van der Waals surface area contributed by atoms with Gasteiger partial charge in [0.1, 0.15) is 17.5 Å². The molecule has 1 aliphatic heterocycles. The van der Waals surface area contributed by atoms with E-state index in [0.717, 1.165) is 9.13 Å². The van der Waals surface area contributed by atoms with E-state index in [4.69, 9.17) is 0 Å². The fourth-order valence-corrected chi connectivity index (χ4v) is 4.02. The van der Waals surface area contributed by atoms with Crippen LogP contribution in [0.2, 0.25) is 0 Å². The minimum absolute atomic E-state index is 0.104. The number of rotatable bonds is 5. The summed E-state index contributed by atoms with van der Waals surface area (Å²) in [6.45, 7) is 4.08. The Bertz CT molecular complexity index is 1300. The van der Waals surface area contributed by atoms with Gasteiger partial charge in [0.25, 0.3) is 11.1 Å². The maximum absolute atomic E-state index is 13.6. The normalized spacial score (nSPS) is 12.9. The molecule has 0 atom stereocenters. The number of anilines is 2. The molecule has 10 heteroatoms. The third kappa shape index (κ3) is 3.33. The van der Waals surface area contributed by atoms with Gasteiger partial charge in [-0.1, -0.05) is 26.0 Å². The second kappa shape index (κ2) is 7.86. The third-order valence-corrected chi connectivity index (χ3v) is 5.37. The number of hydrogen-bond acceptors (Lipinski definition) is 5. The van der Waals surface area contributed by atoms with Gasteiger partial charge in [0, 0.05) is 13.1 Å². The van der Waals surface area contributed by atoms with E-state index in [1.165, 1.54) is 24.3 Å². The molecule has 0 amide bonds. The monoisotopic (exact) mass is 427 g/mol. The average Bonchev–Trinajstić information content (AvgIpc) is 2.73. The van der Waals surface area contributed by atoms with E-state index < -0.39 is 34.2 Å². The Labute approximate surface area is 175 Å². The SMILES string of the molecule is CCCn1c(=O)[nH]c2c(c1=O)C(c1ccc(F)cc1)c1c([nH]c(=O)n(CCC)c1=O)N2. The van der Waals surface area contributed by atoms with Crippen molar-refractivity contribution in [2.45, 2.75) is 45.7 Å². The number of nitrogens with zero attached hydrogens (tertiary/aromatic N) is 2. The van der Waals surface area contributed by atoms with Crippen molar-refractivity contribution in [2.75, 3.05) is 5.32 Å². The lowest BCUT2D eigenvalue weighted by molar-refractivity contribution is 0.592. The summed E-state index contributed by atoms with van der Waals surface area (Å²) in [6.07, 6.45) is 1.12. The summed E-state index contributed by atoms with van der Waals surface area (Å²) in [7, 11) is 0. The van der Waals surface area contributed by atoms with Crippen molar-refractivity contribution < 1.29 is 4.39 Å². The number of aromatic amines is 2. The maximum atomic E-state index is 13.6. The molecule has 3 heterocycles. The second-order valence-corrected chi connectivity index (χ2v) is 7.46. The first-order valence-electron chi connectivity index (χ1n) is 10.1. The highest BCUT2D eigenvalue weighted by molar-refractivity contribution is 5.69. The maximum Gasteiger partial charge on any atom is 0.329 e. The first kappa shape index (κ1) is 20.6. The first-order chi connectivity index (χ1) is 14.9. The van der Waals surface area contributed by atoms with Crippen molar-refractivity contribution in [3.63, 3.8) is 0 Å². The molecule has 0 fully saturated rings. The molecule has 0 saturated heterocycles. The van der Waals surface area contributed by atoms with E-state index in [-0.39, 0.29) is 35.9 Å². The lowest BCUT2D eigenvalue weighted by Crippen LogP contribution is -2.44. The van der Waals surface area contributed by atoms with Crippen LogP contribution in [-0.2, 0) is 13.1 Å². The fraction of sp³-hybridized carbons (Fsp3) is 0.333. The number of aromatic nitrogens is 4. The molecule has 0 unspecified atom stereocenters. The number of hydrogen-bond donors (Lipinski definition) is 3. The van der Waals surface area contributed by atoms with Crippen LogP contribution in [0.1, 0.15) is 49.3 Å². The van der Waals surface area contributed by atoms with Crippen molar-refractivity contribution in [1.29, 1.82) is 0 Å². The van der Waals surface area contributed by atoms with E-state index in [1.807, 2.05) is 13.8 Å². The van der Waals surface area contributed by atoms with Crippen molar-refractivity contribution in [3.8, 4) is 0 Å². The molecule has 3 N–H and O–H groups in total. The van der Waals surface area contributed by atoms with Crippen LogP contribution in [0, 0.1) is 5.82 Å². The minimum atomic E-state index is -0.897. The predicted molar refractivity (Wildman–Crippen MR) is 114 cm³/mol. The zero-order valence-electron chi connectivity index (χ0n) is 17.1. The number of nitrogens with one attached hydrogen (secondary N) is 3. The van der Waals surface area contributed by atoms with Crippen LogP contribution in [0.4, 0.5) is 16.0 Å². The highest BCUT2D eigenvalue weighted by Gasteiger charge is 2.35. The zero-order valence-corrected chi connectivity index (χ0v) is 17.1. The standard InChI is InChI=1S/C21H22FN5O4/c1-3-9-26-18(28)14-13(11-5-7-12(22)8-6-11)15-17(23-16(14)24-20(26)30)25-21(31)27(10-4-2)19(15)29/h5-8,13,23H,3-4,9-10H2,1-2H3,(H,24,30)(H,25,31). The molecule has 0 bridgehead atoms. The lowest BCUT2D eigenvalue weighted by Gasteiger charge is -2.28. The summed E-state index contributed by atoms with van der Waals surface area (Å²) in [5.74, 6) is -1.15. The Morgan fingerprint density at radius 3 is 1.68 bits per heavy atom. The molecule has 4 rings (SSSR count). The van der Waals surface area contributed by atoms with E-state index in [0.29, 0.717) is 18.4 Å². The lowest BCUT2D eigenvalue weighted by atomic mass is 9.84. The van der Waals surface area contributed by atoms with E-state index in [1.54, 1.807) is 0 Å². The zero-order chi connectivity index (χ0) is 22.3. The molecule has 0 radical (unpaired) electrons. The Kier molecular flexibility index (Phi) is 5.22. The van der Waals surface area contributed by atoms with Gasteiger partial charge in [-0.2, -0.15) is 0 Å². The Morgan fingerprint density at radius 2 is 1.26 bits per heavy atom. The molecule has 1 aliphatic rings. The van der Waals surface area contributed by atoms with Crippen molar-refractivity contribution >= 4 is 11.6 Å². The van der Waals surface area contributed by atoms with Crippen LogP contribution >= 0.6 is 0 Å². The van der Waals surface area contributed by atoms with Crippen molar-refractivity contribution in [3.05, 3.63) is 88.4 Å². The van der Waals surface area contributed by atoms with Gasteiger partial charge in [0.15, 0.2) is 0 Å². The molecule has 31 heavy (non-hydrogen) atoms. The molecule has 0 spiro atoms. The Hall–Kier alpha value is -3.69. The van der Waals surface area contributed by atoms with Gasteiger partial charge in [-0.05, 0) is 30.5 Å². The van der Waals surface area contributed by atoms with Gasteiger partial charge >= 0.3 is 11.4 Å². The van der Waals surface area contributed by atoms with Crippen LogP contribution in [0.25, 0.3) is 0 Å². The molecule has 2 aromatic heterocycles. The third-order valence-electron chi connectivity index (χ3n) is 5.37. The summed E-state index contributed by atoms with van der Waals surface area (Å²) < 4.78 is 15.8. The van der Waals surface area contributed by atoms with Gasteiger partial charge in [0.2, 0.25) is 0 Å². The van der Waals surface area contributed by atoms with Gasteiger partial charge in [-0.25, -0.2) is 14.0 Å². The van der Waals surface area contributed by atoms with Crippen LogP contribution in [0.3, 0.4) is 0 Å². The molecule has 9 nitrogen and oxygen atoms in total. The number of benzene rings is 1. The first-order valence-corrected chi connectivity index (χ1v) is 10.1. The van der Waals surface area contributed by atoms with Crippen molar-refractivity contribution in [2.24, 2.45) is 0 Å². The van der Waals surface area contributed by atoms with Gasteiger partial charge in [-0.3, -0.25) is 28.7 Å². The number of H-pyrrole nitrogens is 2. The van der Waals surface area contributed by atoms with Crippen LogP contribution in [-0.4, -0.2) is 19.1 Å². The highest BCUT2D eigenvalue weighted by Crippen LogP contribution is 2.39. The Balaban J connectivity index is 2.10. The summed E-state index contributed by atoms with van der Waals surface area (Å²) in [5.41, 5.74) is -1.45. The van der Waals surface area contributed by atoms with Crippen LogP contribution < -0.4 is 27.8 Å². The molecule has 0 saturated carbocycles. The quantitative estimate of drug-likeness (QED) is 0.446. The highest BCUT2D eigenvalue weighted by atomic mass is 19.1. The largest absolute Gasteiger partial charge is 0.329 e. The fourth-order valence-electron chi connectivity index (χ4n) is 4.02. The van der Waals surface area contributed by atoms with E-state index in [9.17, 15) is 23.6 Å². The topological polar surface area (TPSA) is 122 Å². The van der Waals surface area contributed by atoms with Gasteiger partial charge < -0.3 is 5.32 Å².